The number of rotatable bonds is 11. The van der Waals surface area contributed by atoms with Crippen LogP contribution in [0.3, 0.4) is 0 Å². The molecule has 0 aliphatic rings. The summed E-state index contributed by atoms with van der Waals surface area (Å²) in [6, 6.07) is 58.3. The second kappa shape index (κ2) is 16.4. The summed E-state index contributed by atoms with van der Waals surface area (Å²) in [7, 11) is 1.69. The van der Waals surface area contributed by atoms with E-state index in [1.54, 1.807) is 7.11 Å². The van der Waals surface area contributed by atoms with E-state index in [0.29, 0.717) is 0 Å². The molecule has 3 heteroatoms. The van der Waals surface area contributed by atoms with Gasteiger partial charge >= 0.3 is 0 Å². The SMILES string of the molecule is COc1ccc(N(c2ccc(C)cc2)c2ccc(/C=C/c3ccc(/C=C/c4ccc(N(c5ccc(C)cc5)c5ccc(C)cc5C)cc4)cc3)cc2)cc1. The Balaban J connectivity index is 1.03. The van der Waals surface area contributed by atoms with Gasteiger partial charge in [0, 0.05) is 34.1 Å². The fourth-order valence-corrected chi connectivity index (χ4v) is 6.62. The van der Waals surface area contributed by atoms with Crippen LogP contribution >= 0.6 is 0 Å². The summed E-state index contributed by atoms with van der Waals surface area (Å²) in [5, 5.41) is 0. The molecule has 0 aromatic heterocycles. The molecule has 0 radical (unpaired) electrons. The van der Waals surface area contributed by atoms with Gasteiger partial charge in [-0.2, -0.15) is 0 Å². The lowest BCUT2D eigenvalue weighted by atomic mass is 10.1. The Hall–Kier alpha value is -6.58. The minimum absolute atomic E-state index is 0.840. The summed E-state index contributed by atoms with van der Waals surface area (Å²) in [4.78, 5) is 4.60. The highest BCUT2D eigenvalue weighted by Gasteiger charge is 2.15. The average molecular weight is 703 g/mol. The van der Waals surface area contributed by atoms with Crippen molar-refractivity contribution in [2.75, 3.05) is 16.9 Å². The Morgan fingerprint density at radius 1 is 0.352 bits per heavy atom. The van der Waals surface area contributed by atoms with Crippen molar-refractivity contribution in [2.45, 2.75) is 27.7 Å². The topological polar surface area (TPSA) is 15.7 Å². The van der Waals surface area contributed by atoms with Crippen molar-refractivity contribution in [3.05, 3.63) is 208 Å². The molecule has 0 aliphatic carbocycles. The quantitative estimate of drug-likeness (QED) is 0.125. The molecule has 0 saturated carbocycles. The van der Waals surface area contributed by atoms with E-state index in [0.717, 1.165) is 56.4 Å². The Labute approximate surface area is 320 Å². The van der Waals surface area contributed by atoms with Gasteiger partial charge in [-0.3, -0.25) is 0 Å². The van der Waals surface area contributed by atoms with Crippen LogP contribution in [0, 0.1) is 27.7 Å². The molecule has 0 fully saturated rings. The van der Waals surface area contributed by atoms with E-state index in [4.69, 9.17) is 4.74 Å². The minimum Gasteiger partial charge on any atom is -0.497 e. The van der Waals surface area contributed by atoms with Crippen LogP contribution in [-0.2, 0) is 0 Å². The monoisotopic (exact) mass is 702 g/mol. The van der Waals surface area contributed by atoms with Crippen molar-refractivity contribution in [1.82, 2.24) is 0 Å². The van der Waals surface area contributed by atoms with Crippen molar-refractivity contribution in [1.29, 1.82) is 0 Å². The fraction of sp³-hybridized carbons (Fsp3) is 0.0980. The van der Waals surface area contributed by atoms with Crippen LogP contribution in [0.5, 0.6) is 5.75 Å². The number of aryl methyl sites for hydroxylation is 4. The van der Waals surface area contributed by atoms with Gasteiger partial charge in [-0.1, -0.05) is 126 Å². The molecule has 0 spiro atoms. The summed E-state index contributed by atoms with van der Waals surface area (Å²) >= 11 is 0. The Morgan fingerprint density at radius 3 is 1.04 bits per heavy atom. The van der Waals surface area contributed by atoms with Crippen LogP contribution in [0.1, 0.15) is 44.5 Å². The third-order valence-electron chi connectivity index (χ3n) is 9.68. The first-order chi connectivity index (χ1) is 26.3. The number of nitrogens with zero attached hydrogens (tertiary/aromatic N) is 2. The largest absolute Gasteiger partial charge is 0.497 e. The predicted molar refractivity (Wildman–Crippen MR) is 232 cm³/mol. The maximum Gasteiger partial charge on any atom is 0.119 e. The minimum atomic E-state index is 0.840. The highest BCUT2D eigenvalue weighted by molar-refractivity contribution is 5.81. The molecule has 0 unspecified atom stereocenters. The zero-order valence-electron chi connectivity index (χ0n) is 31.7. The molecule has 54 heavy (non-hydrogen) atoms. The van der Waals surface area contributed by atoms with Gasteiger partial charge in [-0.25, -0.2) is 0 Å². The third kappa shape index (κ3) is 8.54. The number of hydrogen-bond acceptors (Lipinski definition) is 3. The molecule has 0 saturated heterocycles. The van der Waals surface area contributed by atoms with Crippen molar-refractivity contribution in [3.8, 4) is 5.75 Å². The normalized spacial score (nSPS) is 11.3. The maximum atomic E-state index is 5.40. The molecular formula is C51H46N2O. The Bertz CT molecular complexity index is 2350. The maximum absolute atomic E-state index is 5.40. The van der Waals surface area contributed by atoms with Crippen molar-refractivity contribution in [2.24, 2.45) is 0 Å². The molecule has 266 valence electrons. The van der Waals surface area contributed by atoms with E-state index >= 15 is 0 Å². The van der Waals surface area contributed by atoms with Crippen molar-refractivity contribution < 1.29 is 4.74 Å². The predicted octanol–water partition coefficient (Wildman–Crippen LogP) is 14.2. The second-order valence-electron chi connectivity index (χ2n) is 13.8. The van der Waals surface area contributed by atoms with Gasteiger partial charge in [-0.15, -0.1) is 0 Å². The molecule has 0 bridgehead atoms. The fourth-order valence-electron chi connectivity index (χ4n) is 6.62. The number of hydrogen-bond donors (Lipinski definition) is 0. The van der Waals surface area contributed by atoms with E-state index in [-0.39, 0.29) is 0 Å². The number of anilines is 6. The van der Waals surface area contributed by atoms with Crippen molar-refractivity contribution >= 4 is 58.4 Å². The van der Waals surface area contributed by atoms with Gasteiger partial charge in [0.1, 0.15) is 5.75 Å². The van der Waals surface area contributed by atoms with Crippen LogP contribution in [0.15, 0.2) is 164 Å². The standard InChI is InChI=1S/C51H46N2O/c1-37-6-23-45(24-7-37)52(47-31-33-50(54-5)34-32-47)46-27-19-43(20-28-46)17-15-41-11-13-42(14-12-41)16-18-44-21-29-49(30-22-44)53(48-25-8-38(2)9-26-48)51-35-10-39(3)36-40(51)4/h6-36H,1-5H3/b17-15+,18-16+. The molecule has 7 aromatic rings. The molecule has 0 heterocycles. The van der Waals surface area contributed by atoms with Crippen LogP contribution in [0.25, 0.3) is 24.3 Å². The first-order valence-corrected chi connectivity index (χ1v) is 18.4. The highest BCUT2D eigenvalue weighted by Crippen LogP contribution is 2.38. The smallest absolute Gasteiger partial charge is 0.119 e. The van der Waals surface area contributed by atoms with E-state index in [2.05, 4.69) is 213 Å². The highest BCUT2D eigenvalue weighted by atomic mass is 16.5. The van der Waals surface area contributed by atoms with Gasteiger partial charge in [-0.05, 0) is 134 Å². The Morgan fingerprint density at radius 2 is 0.667 bits per heavy atom. The number of ether oxygens (including phenoxy) is 1. The van der Waals surface area contributed by atoms with Gasteiger partial charge in [0.05, 0.1) is 7.11 Å². The summed E-state index contributed by atoms with van der Waals surface area (Å²) in [6.45, 7) is 8.57. The molecule has 3 nitrogen and oxygen atoms in total. The van der Waals surface area contributed by atoms with Crippen LogP contribution < -0.4 is 14.5 Å². The molecule has 0 aliphatic heterocycles. The van der Waals surface area contributed by atoms with Gasteiger partial charge in [0.2, 0.25) is 0 Å². The molecule has 7 aromatic carbocycles. The van der Waals surface area contributed by atoms with E-state index in [1.807, 2.05) is 12.1 Å². The number of methoxy groups -OCH3 is 1. The summed E-state index contributed by atoms with van der Waals surface area (Å²) in [5.41, 5.74) is 16.4. The third-order valence-corrected chi connectivity index (χ3v) is 9.68. The second-order valence-corrected chi connectivity index (χ2v) is 13.8. The summed E-state index contributed by atoms with van der Waals surface area (Å²) in [5.74, 6) is 0.840. The van der Waals surface area contributed by atoms with Gasteiger partial charge < -0.3 is 14.5 Å². The van der Waals surface area contributed by atoms with Crippen LogP contribution in [0.4, 0.5) is 34.1 Å². The first-order valence-electron chi connectivity index (χ1n) is 18.4. The van der Waals surface area contributed by atoms with E-state index < -0.39 is 0 Å². The summed E-state index contributed by atoms with van der Waals surface area (Å²) in [6.07, 6.45) is 8.68. The average Bonchev–Trinajstić information content (AvgIpc) is 3.20. The Kier molecular flexibility index (Phi) is 10.9. The zero-order valence-corrected chi connectivity index (χ0v) is 31.7. The van der Waals surface area contributed by atoms with Crippen LogP contribution in [0.2, 0.25) is 0 Å². The van der Waals surface area contributed by atoms with Crippen LogP contribution in [-0.4, -0.2) is 7.11 Å². The molecule has 0 amide bonds. The lowest BCUT2D eigenvalue weighted by Gasteiger charge is -2.27. The summed E-state index contributed by atoms with van der Waals surface area (Å²) < 4.78 is 5.40. The van der Waals surface area contributed by atoms with Gasteiger partial charge in [0.25, 0.3) is 0 Å². The first kappa shape index (κ1) is 35.8. The molecule has 7 rings (SSSR count). The van der Waals surface area contributed by atoms with Crippen molar-refractivity contribution in [3.63, 3.8) is 0 Å². The lowest BCUT2D eigenvalue weighted by Crippen LogP contribution is -2.11. The molecular weight excluding hydrogens is 657 g/mol. The molecule has 0 N–H and O–H groups in total. The molecule has 0 atom stereocenters. The lowest BCUT2D eigenvalue weighted by molar-refractivity contribution is 0.415. The number of benzene rings is 7. The van der Waals surface area contributed by atoms with E-state index in [1.165, 1.54) is 27.9 Å². The van der Waals surface area contributed by atoms with E-state index in [9.17, 15) is 0 Å². The zero-order chi connectivity index (χ0) is 37.4. The van der Waals surface area contributed by atoms with Gasteiger partial charge in [0.15, 0.2) is 0 Å².